The number of benzene rings is 2. The van der Waals surface area contributed by atoms with Crippen molar-refractivity contribution in [1.29, 1.82) is 0 Å². The fourth-order valence-electron chi connectivity index (χ4n) is 3.50. The molecule has 3 aromatic rings. The third-order valence-electron chi connectivity index (χ3n) is 5.30. The second-order valence-corrected chi connectivity index (χ2v) is 9.58. The van der Waals surface area contributed by atoms with Crippen molar-refractivity contribution < 1.29 is 9.59 Å². The predicted octanol–water partition coefficient (Wildman–Crippen LogP) is 4.38. The van der Waals surface area contributed by atoms with Crippen molar-refractivity contribution >= 4 is 46.6 Å². The average Bonchev–Trinajstić information content (AvgIpc) is 3.09. The Morgan fingerprint density at radius 3 is 2.52 bits per heavy atom. The average molecular weight is 456 g/mol. The first-order chi connectivity index (χ1) is 14.7. The monoisotopic (exact) mass is 455 g/mol. The number of carbonyl (C=O) groups excluding carboxylic acids is 2. The third-order valence-corrected chi connectivity index (χ3v) is 6.67. The fourth-order valence-corrected chi connectivity index (χ4v) is 4.49. The molecule has 1 aliphatic rings. The van der Waals surface area contributed by atoms with Gasteiger partial charge in [-0.25, -0.2) is 0 Å². The molecule has 0 saturated heterocycles. The molecule has 0 fully saturated rings. The summed E-state index contributed by atoms with van der Waals surface area (Å²) in [5.41, 5.74) is 1.17. The molecule has 2 heterocycles. The van der Waals surface area contributed by atoms with E-state index in [-0.39, 0.29) is 11.8 Å². The minimum atomic E-state index is -1.02. The number of fused-ring (bicyclic) bond motifs is 1. The lowest BCUT2D eigenvalue weighted by atomic mass is 9.96. The smallest absolute Gasteiger partial charge is 0.250 e. The predicted molar refractivity (Wildman–Crippen MR) is 123 cm³/mol. The summed E-state index contributed by atoms with van der Waals surface area (Å²) in [5.74, 6) is 0.288. The molecular formula is C22H22ClN5O2S. The largest absolute Gasteiger partial charge is 0.322 e. The van der Waals surface area contributed by atoms with Gasteiger partial charge in [-0.05, 0) is 57.2 Å². The van der Waals surface area contributed by atoms with E-state index in [1.165, 1.54) is 11.8 Å². The van der Waals surface area contributed by atoms with Crippen molar-refractivity contribution in [3.05, 3.63) is 53.6 Å². The molecule has 7 nitrogen and oxygen atoms in total. The van der Waals surface area contributed by atoms with E-state index in [1.807, 2.05) is 48.9 Å². The van der Waals surface area contributed by atoms with Crippen LogP contribution >= 0.6 is 23.4 Å². The van der Waals surface area contributed by atoms with E-state index < -0.39 is 10.8 Å². The summed E-state index contributed by atoms with van der Waals surface area (Å²) in [6.45, 7) is 5.30. The highest BCUT2D eigenvalue weighted by molar-refractivity contribution is 8.00. The van der Waals surface area contributed by atoms with Gasteiger partial charge in [-0.15, -0.1) is 10.2 Å². The van der Waals surface area contributed by atoms with Gasteiger partial charge in [0.05, 0.1) is 16.6 Å². The molecule has 1 aliphatic heterocycles. The summed E-state index contributed by atoms with van der Waals surface area (Å²) in [5, 5.41) is 12.2. The number of thioether (sulfide) groups is 1. The van der Waals surface area contributed by atoms with Crippen molar-refractivity contribution in [2.75, 3.05) is 10.2 Å². The van der Waals surface area contributed by atoms with Crippen molar-refractivity contribution in [2.24, 2.45) is 7.05 Å². The van der Waals surface area contributed by atoms with Gasteiger partial charge >= 0.3 is 0 Å². The van der Waals surface area contributed by atoms with Crippen LogP contribution in [-0.4, -0.2) is 37.4 Å². The van der Waals surface area contributed by atoms with Crippen molar-refractivity contribution in [3.8, 4) is 11.4 Å². The number of nitrogens with one attached hydrogen (secondary N) is 1. The number of rotatable bonds is 4. The summed E-state index contributed by atoms with van der Waals surface area (Å²) in [6.07, 6.45) is 0. The second-order valence-electron chi connectivity index (χ2n) is 7.84. The maximum Gasteiger partial charge on any atom is 0.250 e. The summed E-state index contributed by atoms with van der Waals surface area (Å²) in [6, 6.07) is 14.7. The van der Waals surface area contributed by atoms with Gasteiger partial charge < -0.3 is 9.88 Å². The van der Waals surface area contributed by atoms with Gasteiger partial charge in [0.15, 0.2) is 11.0 Å². The topological polar surface area (TPSA) is 80.1 Å². The Morgan fingerprint density at radius 2 is 1.81 bits per heavy atom. The zero-order valence-corrected chi connectivity index (χ0v) is 19.2. The molecular weight excluding hydrogens is 434 g/mol. The summed E-state index contributed by atoms with van der Waals surface area (Å²) >= 11 is 7.28. The molecule has 1 N–H and O–H groups in total. The van der Waals surface area contributed by atoms with E-state index >= 15 is 0 Å². The van der Waals surface area contributed by atoms with E-state index in [9.17, 15) is 9.59 Å². The van der Waals surface area contributed by atoms with Crippen LogP contribution in [-0.2, 0) is 16.6 Å². The highest BCUT2D eigenvalue weighted by atomic mass is 35.5. The van der Waals surface area contributed by atoms with Gasteiger partial charge in [0.25, 0.3) is 0 Å². The van der Waals surface area contributed by atoms with Crippen LogP contribution in [0, 0.1) is 0 Å². The molecule has 1 atom stereocenters. The van der Waals surface area contributed by atoms with Gasteiger partial charge in [0.2, 0.25) is 11.8 Å². The number of anilines is 2. The second kappa shape index (κ2) is 8.01. The zero-order valence-electron chi connectivity index (χ0n) is 17.6. The van der Waals surface area contributed by atoms with Crippen LogP contribution in [0.3, 0.4) is 0 Å². The Hall–Kier alpha value is -2.84. The van der Waals surface area contributed by atoms with Gasteiger partial charge in [0.1, 0.15) is 5.54 Å². The Balaban J connectivity index is 1.61. The first-order valence-corrected chi connectivity index (χ1v) is 11.0. The van der Waals surface area contributed by atoms with Crippen molar-refractivity contribution in [1.82, 2.24) is 14.8 Å². The van der Waals surface area contributed by atoms with E-state index in [1.54, 1.807) is 36.9 Å². The minimum Gasteiger partial charge on any atom is -0.322 e. The molecule has 9 heteroatoms. The van der Waals surface area contributed by atoms with Gasteiger partial charge in [0, 0.05) is 17.6 Å². The van der Waals surface area contributed by atoms with Crippen LogP contribution in [0.4, 0.5) is 11.4 Å². The first kappa shape index (κ1) is 21.4. The molecule has 0 saturated carbocycles. The molecule has 4 rings (SSSR count). The van der Waals surface area contributed by atoms with Crippen LogP contribution in [0.1, 0.15) is 20.8 Å². The number of aromatic nitrogens is 3. The number of nitrogens with zero attached hydrogens (tertiary/aromatic N) is 4. The summed E-state index contributed by atoms with van der Waals surface area (Å²) < 4.78 is 1.85. The molecule has 2 amide bonds. The van der Waals surface area contributed by atoms with E-state index in [0.29, 0.717) is 27.4 Å². The molecule has 1 unspecified atom stereocenters. The SMILES string of the molecule is CC(Sc1nnc(-c2ccc(Cl)cc2)n1C)C(=O)N1c2ccccc2NC(=O)C1(C)C. The first-order valence-electron chi connectivity index (χ1n) is 9.76. The van der Waals surface area contributed by atoms with Crippen LogP contribution in [0.15, 0.2) is 53.7 Å². The van der Waals surface area contributed by atoms with Gasteiger partial charge in [-0.3, -0.25) is 14.5 Å². The van der Waals surface area contributed by atoms with Gasteiger partial charge in [-0.1, -0.05) is 35.5 Å². The van der Waals surface area contributed by atoms with E-state index in [0.717, 1.165) is 5.56 Å². The number of para-hydroxylation sites is 2. The molecule has 0 aliphatic carbocycles. The lowest BCUT2D eigenvalue weighted by Crippen LogP contribution is -2.60. The Bertz CT molecular complexity index is 1160. The van der Waals surface area contributed by atoms with Crippen molar-refractivity contribution in [2.45, 2.75) is 36.7 Å². The Morgan fingerprint density at radius 1 is 1.13 bits per heavy atom. The van der Waals surface area contributed by atoms with E-state index in [2.05, 4.69) is 15.5 Å². The van der Waals surface area contributed by atoms with Crippen LogP contribution in [0.2, 0.25) is 5.02 Å². The van der Waals surface area contributed by atoms with Crippen LogP contribution < -0.4 is 10.2 Å². The molecule has 31 heavy (non-hydrogen) atoms. The summed E-state index contributed by atoms with van der Waals surface area (Å²) in [4.78, 5) is 27.7. The fraction of sp³-hybridized carbons (Fsp3) is 0.273. The van der Waals surface area contributed by atoms with Crippen molar-refractivity contribution in [3.63, 3.8) is 0 Å². The lowest BCUT2D eigenvalue weighted by molar-refractivity contribution is -0.126. The maximum absolute atomic E-state index is 13.5. The Labute approximate surface area is 189 Å². The van der Waals surface area contributed by atoms with E-state index in [4.69, 9.17) is 11.6 Å². The molecule has 0 bridgehead atoms. The number of amides is 2. The zero-order chi connectivity index (χ0) is 22.3. The van der Waals surface area contributed by atoms with Crippen LogP contribution in [0.5, 0.6) is 0 Å². The third kappa shape index (κ3) is 3.81. The highest BCUT2D eigenvalue weighted by Gasteiger charge is 2.45. The lowest BCUT2D eigenvalue weighted by Gasteiger charge is -2.43. The molecule has 1 aromatic heterocycles. The number of hydrogen-bond acceptors (Lipinski definition) is 5. The van der Waals surface area contributed by atoms with Gasteiger partial charge in [-0.2, -0.15) is 0 Å². The maximum atomic E-state index is 13.5. The number of halogens is 1. The number of carbonyl (C=O) groups is 2. The Kier molecular flexibility index (Phi) is 5.53. The molecule has 0 spiro atoms. The molecule has 160 valence electrons. The molecule has 0 radical (unpaired) electrons. The highest BCUT2D eigenvalue weighted by Crippen LogP contribution is 2.38. The minimum absolute atomic E-state index is 0.173. The molecule has 2 aromatic carbocycles. The van der Waals surface area contributed by atoms with Crippen LogP contribution in [0.25, 0.3) is 11.4 Å². The summed E-state index contributed by atoms with van der Waals surface area (Å²) in [7, 11) is 1.86. The number of hydrogen-bond donors (Lipinski definition) is 1. The standard InChI is InChI=1S/C22H22ClN5O2S/c1-13(31-21-26-25-18(27(21)4)14-9-11-15(23)12-10-14)19(29)28-17-8-6-5-7-16(17)24-20(30)22(28,2)3/h5-13H,1-4H3,(H,24,30). The quantitative estimate of drug-likeness (QED) is 0.590. The normalized spacial score (nSPS) is 15.9.